The molecule has 0 fully saturated rings. The predicted molar refractivity (Wildman–Crippen MR) is 76.4 cm³/mol. The molecule has 0 aliphatic carbocycles. The van der Waals surface area contributed by atoms with Gasteiger partial charge in [-0.05, 0) is 34.5 Å². The van der Waals surface area contributed by atoms with E-state index in [2.05, 4.69) is 26.0 Å². The zero-order chi connectivity index (χ0) is 15.6. The van der Waals surface area contributed by atoms with E-state index < -0.39 is 10.9 Å². The van der Waals surface area contributed by atoms with E-state index in [4.69, 9.17) is 4.74 Å². The van der Waals surface area contributed by atoms with Crippen LogP contribution in [0.25, 0.3) is 0 Å². The molecule has 1 aromatic heterocycles. The van der Waals surface area contributed by atoms with Crippen molar-refractivity contribution in [2.75, 3.05) is 7.11 Å². The lowest BCUT2D eigenvalue weighted by atomic mass is 10.1. The number of nitrogens with zero attached hydrogens (tertiary/aromatic N) is 4. The summed E-state index contributed by atoms with van der Waals surface area (Å²) in [5, 5.41) is 14.2. The number of halogens is 1. The highest BCUT2D eigenvalue weighted by Crippen LogP contribution is 2.21. The molecule has 0 bridgehead atoms. The first-order valence-corrected chi connectivity index (χ1v) is 6.64. The molecular weight excluding hydrogens is 344 g/mol. The summed E-state index contributed by atoms with van der Waals surface area (Å²) in [6.07, 6.45) is 0. The number of aromatic nitrogens is 3. The normalized spacial score (nSPS) is 10.4. The maximum atomic E-state index is 12.3. The van der Waals surface area contributed by atoms with Gasteiger partial charge in [0.1, 0.15) is 12.3 Å². The fourth-order valence-electron chi connectivity index (χ4n) is 1.74. The van der Waals surface area contributed by atoms with Crippen molar-refractivity contribution in [2.24, 2.45) is 0 Å². The minimum absolute atomic E-state index is 0.119. The molecule has 0 saturated heterocycles. The van der Waals surface area contributed by atoms with Gasteiger partial charge in [0.15, 0.2) is 5.78 Å². The number of ether oxygens (including phenoxy) is 1. The van der Waals surface area contributed by atoms with E-state index in [1.165, 1.54) is 7.11 Å². The molecule has 0 aliphatic rings. The second-order valence-electron chi connectivity index (χ2n) is 4.22. The first-order chi connectivity index (χ1) is 9.92. The summed E-state index contributed by atoms with van der Waals surface area (Å²) in [5.74, 6) is -0.399. The Hall–Kier alpha value is -2.29. The number of hydrogen-bond acceptors (Lipinski definition) is 6. The highest BCUT2D eigenvalue weighted by Gasteiger charge is 2.22. The van der Waals surface area contributed by atoms with E-state index in [0.29, 0.717) is 11.3 Å². The summed E-state index contributed by atoms with van der Waals surface area (Å²) in [7, 11) is 1.47. The van der Waals surface area contributed by atoms with Crippen LogP contribution in [0.4, 0.5) is 5.95 Å². The number of hydrogen-bond donors (Lipinski definition) is 0. The van der Waals surface area contributed by atoms with Gasteiger partial charge < -0.3 is 14.9 Å². The number of rotatable bonds is 5. The van der Waals surface area contributed by atoms with Crippen molar-refractivity contribution in [3.63, 3.8) is 0 Å². The minimum Gasteiger partial charge on any atom is -0.496 e. The molecule has 0 spiro atoms. The largest absolute Gasteiger partial charge is 0.496 e. The zero-order valence-corrected chi connectivity index (χ0v) is 12.8. The molecule has 1 aromatic carbocycles. The minimum atomic E-state index is -0.724. The second kappa shape index (κ2) is 6.00. The van der Waals surface area contributed by atoms with Gasteiger partial charge in [-0.15, -0.1) is 0 Å². The monoisotopic (exact) mass is 354 g/mol. The molecule has 9 heteroatoms. The van der Waals surface area contributed by atoms with Crippen molar-refractivity contribution in [1.29, 1.82) is 0 Å². The molecule has 0 amide bonds. The highest BCUT2D eigenvalue weighted by atomic mass is 79.9. The van der Waals surface area contributed by atoms with Gasteiger partial charge in [-0.3, -0.25) is 4.79 Å². The van der Waals surface area contributed by atoms with Gasteiger partial charge in [-0.2, -0.15) is 4.68 Å². The van der Waals surface area contributed by atoms with Crippen LogP contribution in [0, 0.1) is 17.0 Å². The smallest absolute Gasteiger partial charge is 0.492 e. The molecule has 0 unspecified atom stereocenters. The molecular formula is C12H11BrN4O4. The Kier molecular flexibility index (Phi) is 4.32. The third kappa shape index (κ3) is 3.24. The van der Waals surface area contributed by atoms with Crippen LogP contribution in [0.1, 0.15) is 15.9 Å². The van der Waals surface area contributed by atoms with Gasteiger partial charge in [0.25, 0.3) is 4.73 Å². The van der Waals surface area contributed by atoms with Crippen molar-refractivity contribution in [3.05, 3.63) is 44.2 Å². The van der Waals surface area contributed by atoms with Crippen LogP contribution in [-0.2, 0) is 6.54 Å². The average Bonchev–Trinajstić information content (AvgIpc) is 2.80. The third-order valence-electron chi connectivity index (χ3n) is 2.73. The van der Waals surface area contributed by atoms with Crippen molar-refractivity contribution in [3.8, 4) is 5.75 Å². The Morgan fingerprint density at radius 1 is 1.52 bits per heavy atom. The number of aryl methyl sites for hydroxylation is 1. The van der Waals surface area contributed by atoms with Crippen molar-refractivity contribution in [2.45, 2.75) is 13.5 Å². The maximum absolute atomic E-state index is 12.3. The van der Waals surface area contributed by atoms with Gasteiger partial charge in [0.2, 0.25) is 0 Å². The van der Waals surface area contributed by atoms with E-state index in [9.17, 15) is 14.9 Å². The number of methoxy groups -OCH3 is 1. The lowest BCUT2D eigenvalue weighted by Gasteiger charge is -2.07. The van der Waals surface area contributed by atoms with Gasteiger partial charge >= 0.3 is 5.95 Å². The van der Waals surface area contributed by atoms with E-state index in [0.717, 1.165) is 10.2 Å². The summed E-state index contributed by atoms with van der Waals surface area (Å²) >= 11 is 3.04. The van der Waals surface area contributed by atoms with Crippen molar-refractivity contribution >= 4 is 27.7 Å². The van der Waals surface area contributed by atoms with Crippen LogP contribution < -0.4 is 4.74 Å². The summed E-state index contributed by atoms with van der Waals surface area (Å²) in [6.45, 7) is 1.70. The van der Waals surface area contributed by atoms with Crippen molar-refractivity contribution < 1.29 is 14.5 Å². The fourth-order valence-corrected chi connectivity index (χ4v) is 2.10. The van der Waals surface area contributed by atoms with Gasteiger partial charge in [0.05, 0.1) is 12.7 Å². The van der Waals surface area contributed by atoms with Crippen LogP contribution in [-0.4, -0.2) is 32.6 Å². The van der Waals surface area contributed by atoms with Crippen molar-refractivity contribution in [1.82, 2.24) is 14.8 Å². The molecule has 110 valence electrons. The quantitative estimate of drug-likeness (QED) is 0.463. The number of carbonyl (C=O) groups is 1. The predicted octanol–water partition coefficient (Wildman–Crippen LogP) is 2.15. The number of ketones is 1. The number of benzene rings is 1. The molecule has 1 heterocycles. The van der Waals surface area contributed by atoms with Gasteiger partial charge in [0, 0.05) is 21.0 Å². The Balaban J connectivity index is 2.28. The standard InChI is InChI=1S/C12H11BrN4O4/c1-7-3-4-8(10(5-7)21-2)9(18)6-16-11(13)14-12(15-16)17(19)20/h3-5H,6H2,1-2H3. The number of nitro groups is 1. The van der Waals surface area contributed by atoms with Crippen LogP contribution in [0.2, 0.25) is 0 Å². The summed E-state index contributed by atoms with van der Waals surface area (Å²) in [4.78, 5) is 25.8. The van der Waals surface area contributed by atoms with Crippen LogP contribution in [0.3, 0.4) is 0 Å². The van der Waals surface area contributed by atoms with E-state index in [1.807, 2.05) is 6.92 Å². The summed E-state index contributed by atoms with van der Waals surface area (Å²) in [5.41, 5.74) is 1.34. The lowest BCUT2D eigenvalue weighted by molar-refractivity contribution is -0.394. The highest BCUT2D eigenvalue weighted by molar-refractivity contribution is 9.10. The molecule has 2 aromatic rings. The van der Waals surface area contributed by atoms with E-state index >= 15 is 0 Å². The Labute approximate surface area is 128 Å². The summed E-state index contributed by atoms with van der Waals surface area (Å²) in [6, 6.07) is 5.18. The van der Waals surface area contributed by atoms with Crippen LogP contribution in [0.15, 0.2) is 22.9 Å². The molecule has 0 N–H and O–H groups in total. The SMILES string of the molecule is COc1cc(C)ccc1C(=O)Cn1nc([N+](=O)[O-])nc1Br. The van der Waals surface area contributed by atoms with Crippen LogP contribution in [0.5, 0.6) is 5.75 Å². The van der Waals surface area contributed by atoms with E-state index in [-0.39, 0.29) is 17.1 Å². The molecule has 21 heavy (non-hydrogen) atoms. The molecule has 0 aliphatic heterocycles. The Morgan fingerprint density at radius 3 is 2.81 bits per heavy atom. The number of Topliss-reactive ketones (excluding diaryl/α,β-unsaturated/α-hetero) is 1. The van der Waals surface area contributed by atoms with E-state index in [1.54, 1.807) is 18.2 Å². The lowest BCUT2D eigenvalue weighted by Crippen LogP contribution is -2.13. The fraction of sp³-hybridized carbons (Fsp3) is 0.250. The van der Waals surface area contributed by atoms with Gasteiger partial charge in [-0.25, -0.2) is 0 Å². The molecule has 0 saturated carbocycles. The topological polar surface area (TPSA) is 100 Å². The second-order valence-corrected chi connectivity index (χ2v) is 4.93. The Bertz CT molecular complexity index is 713. The number of carbonyl (C=O) groups excluding carboxylic acids is 1. The van der Waals surface area contributed by atoms with Crippen LogP contribution >= 0.6 is 15.9 Å². The maximum Gasteiger partial charge on any atom is 0.492 e. The third-order valence-corrected chi connectivity index (χ3v) is 3.32. The van der Waals surface area contributed by atoms with Gasteiger partial charge in [-0.1, -0.05) is 6.07 Å². The molecule has 8 nitrogen and oxygen atoms in total. The zero-order valence-electron chi connectivity index (χ0n) is 11.2. The molecule has 2 rings (SSSR count). The first kappa shape index (κ1) is 15.1. The molecule has 0 atom stereocenters. The first-order valence-electron chi connectivity index (χ1n) is 5.85. The Morgan fingerprint density at radius 2 is 2.24 bits per heavy atom. The molecule has 0 radical (unpaired) electrons. The summed E-state index contributed by atoms with van der Waals surface area (Å²) < 4.78 is 6.42. The average molecular weight is 355 g/mol.